The molecule has 0 aromatic heterocycles. The predicted molar refractivity (Wildman–Crippen MR) is 68.6 cm³/mol. The van der Waals surface area contributed by atoms with Gasteiger partial charge in [0.2, 0.25) is 0 Å². The summed E-state index contributed by atoms with van der Waals surface area (Å²) in [4.78, 5) is 2.45. The van der Waals surface area contributed by atoms with Gasteiger partial charge in [-0.25, -0.2) is 4.39 Å². The van der Waals surface area contributed by atoms with Gasteiger partial charge in [-0.2, -0.15) is 0 Å². The maximum absolute atomic E-state index is 13.5. The Bertz CT molecular complexity index is 380. The number of aryl methyl sites for hydroxylation is 2. The molecule has 2 nitrogen and oxygen atoms in total. The Morgan fingerprint density at radius 1 is 1.35 bits per heavy atom. The number of halogens is 1. The van der Waals surface area contributed by atoms with E-state index >= 15 is 0 Å². The SMILES string of the molecule is Cc1cc(CN2CCNCC2C)cc(C)c1F. The second-order valence-corrected chi connectivity index (χ2v) is 5.07. The van der Waals surface area contributed by atoms with Crippen LogP contribution in [0.3, 0.4) is 0 Å². The Balaban J connectivity index is 2.12. The first-order chi connectivity index (χ1) is 8.08. The van der Waals surface area contributed by atoms with Crippen molar-refractivity contribution in [3.8, 4) is 0 Å². The lowest BCUT2D eigenvalue weighted by Gasteiger charge is -2.34. The van der Waals surface area contributed by atoms with Crippen LogP contribution in [-0.4, -0.2) is 30.6 Å². The summed E-state index contributed by atoms with van der Waals surface area (Å²) in [7, 11) is 0. The van der Waals surface area contributed by atoms with Crippen LogP contribution < -0.4 is 5.32 Å². The van der Waals surface area contributed by atoms with Crippen LogP contribution in [0.25, 0.3) is 0 Å². The van der Waals surface area contributed by atoms with Crippen LogP contribution >= 0.6 is 0 Å². The highest BCUT2D eigenvalue weighted by molar-refractivity contribution is 5.30. The van der Waals surface area contributed by atoms with E-state index in [4.69, 9.17) is 0 Å². The molecule has 0 bridgehead atoms. The van der Waals surface area contributed by atoms with Gasteiger partial charge in [0, 0.05) is 32.2 Å². The van der Waals surface area contributed by atoms with Gasteiger partial charge in [-0.1, -0.05) is 12.1 Å². The number of rotatable bonds is 2. The average Bonchev–Trinajstić information content (AvgIpc) is 2.29. The normalized spacial score (nSPS) is 21.8. The van der Waals surface area contributed by atoms with Crippen molar-refractivity contribution in [3.05, 3.63) is 34.6 Å². The van der Waals surface area contributed by atoms with E-state index in [1.165, 1.54) is 5.56 Å². The molecule has 1 heterocycles. The summed E-state index contributed by atoms with van der Waals surface area (Å²) in [5, 5.41) is 3.38. The molecule has 1 aliphatic heterocycles. The van der Waals surface area contributed by atoms with Crippen molar-refractivity contribution in [2.45, 2.75) is 33.4 Å². The maximum atomic E-state index is 13.5. The molecule has 1 aliphatic rings. The standard InChI is InChI=1S/C14H21FN2/c1-10-6-13(7-11(2)14(10)15)9-17-5-4-16-8-12(17)3/h6-7,12,16H,4-5,8-9H2,1-3H3. The minimum absolute atomic E-state index is 0.0675. The van der Waals surface area contributed by atoms with Crippen LogP contribution in [0.1, 0.15) is 23.6 Å². The summed E-state index contributed by atoms with van der Waals surface area (Å²) in [6.45, 7) is 9.99. The molecule has 94 valence electrons. The molecule has 1 unspecified atom stereocenters. The van der Waals surface area contributed by atoms with Gasteiger partial charge in [0.25, 0.3) is 0 Å². The third-order valence-electron chi connectivity index (χ3n) is 3.52. The van der Waals surface area contributed by atoms with Gasteiger partial charge in [-0.3, -0.25) is 4.90 Å². The molecule has 0 aliphatic carbocycles. The number of piperazine rings is 1. The second kappa shape index (κ2) is 5.15. The number of hydrogen-bond donors (Lipinski definition) is 1. The first-order valence-electron chi connectivity index (χ1n) is 6.28. The van der Waals surface area contributed by atoms with Gasteiger partial charge in [0.05, 0.1) is 0 Å². The van der Waals surface area contributed by atoms with Crippen LogP contribution in [0.15, 0.2) is 12.1 Å². The van der Waals surface area contributed by atoms with Gasteiger partial charge in [0.15, 0.2) is 0 Å². The average molecular weight is 236 g/mol. The first-order valence-corrected chi connectivity index (χ1v) is 6.28. The monoisotopic (exact) mass is 236 g/mol. The maximum Gasteiger partial charge on any atom is 0.129 e. The summed E-state index contributed by atoms with van der Waals surface area (Å²) in [6, 6.07) is 4.49. The lowest BCUT2D eigenvalue weighted by atomic mass is 10.0. The van der Waals surface area contributed by atoms with Gasteiger partial charge >= 0.3 is 0 Å². The minimum atomic E-state index is -0.0675. The van der Waals surface area contributed by atoms with Crippen LogP contribution in [0, 0.1) is 19.7 Å². The zero-order valence-electron chi connectivity index (χ0n) is 10.9. The molecule has 17 heavy (non-hydrogen) atoms. The smallest absolute Gasteiger partial charge is 0.129 e. The molecule has 1 aromatic carbocycles. The van der Waals surface area contributed by atoms with Crippen molar-refractivity contribution in [1.82, 2.24) is 10.2 Å². The van der Waals surface area contributed by atoms with E-state index in [2.05, 4.69) is 17.1 Å². The van der Waals surface area contributed by atoms with Crippen molar-refractivity contribution in [3.63, 3.8) is 0 Å². The highest BCUT2D eigenvalue weighted by Crippen LogP contribution is 2.17. The molecular weight excluding hydrogens is 215 g/mol. The minimum Gasteiger partial charge on any atom is -0.314 e. The summed E-state index contributed by atoms with van der Waals surface area (Å²) in [5.41, 5.74) is 2.72. The van der Waals surface area contributed by atoms with E-state index < -0.39 is 0 Å². The van der Waals surface area contributed by atoms with Crippen LogP contribution in [-0.2, 0) is 6.54 Å². The first kappa shape index (κ1) is 12.5. The molecule has 1 fully saturated rings. The van der Waals surface area contributed by atoms with E-state index in [1.807, 2.05) is 26.0 Å². The van der Waals surface area contributed by atoms with Crippen molar-refractivity contribution in [1.29, 1.82) is 0 Å². The van der Waals surface area contributed by atoms with Gasteiger partial charge in [-0.05, 0) is 37.5 Å². The van der Waals surface area contributed by atoms with E-state index in [0.717, 1.165) is 37.3 Å². The lowest BCUT2D eigenvalue weighted by molar-refractivity contribution is 0.165. The van der Waals surface area contributed by atoms with E-state index in [9.17, 15) is 4.39 Å². The van der Waals surface area contributed by atoms with E-state index in [-0.39, 0.29) is 5.82 Å². The fraction of sp³-hybridized carbons (Fsp3) is 0.571. The summed E-state index contributed by atoms with van der Waals surface area (Å²) < 4.78 is 13.5. The number of nitrogens with zero attached hydrogens (tertiary/aromatic N) is 1. The molecule has 0 saturated carbocycles. The molecule has 1 aromatic rings. The van der Waals surface area contributed by atoms with E-state index in [0.29, 0.717) is 6.04 Å². The Labute approximate surface area is 103 Å². The largest absolute Gasteiger partial charge is 0.314 e. The van der Waals surface area contributed by atoms with Gasteiger partial charge in [-0.15, -0.1) is 0 Å². The van der Waals surface area contributed by atoms with Crippen LogP contribution in [0.2, 0.25) is 0 Å². The van der Waals surface area contributed by atoms with Crippen molar-refractivity contribution >= 4 is 0 Å². The quantitative estimate of drug-likeness (QED) is 0.847. The molecule has 2 rings (SSSR count). The Morgan fingerprint density at radius 3 is 2.59 bits per heavy atom. The zero-order chi connectivity index (χ0) is 12.4. The molecule has 1 saturated heterocycles. The topological polar surface area (TPSA) is 15.3 Å². The number of benzene rings is 1. The molecule has 1 atom stereocenters. The Kier molecular flexibility index (Phi) is 3.79. The third kappa shape index (κ3) is 2.85. The molecular formula is C14H21FN2. The molecule has 3 heteroatoms. The molecule has 0 spiro atoms. The fourth-order valence-electron chi connectivity index (χ4n) is 2.48. The lowest BCUT2D eigenvalue weighted by Crippen LogP contribution is -2.49. The number of hydrogen-bond acceptors (Lipinski definition) is 2. The zero-order valence-corrected chi connectivity index (χ0v) is 10.9. The van der Waals surface area contributed by atoms with Crippen LogP contribution in [0.4, 0.5) is 4.39 Å². The Morgan fingerprint density at radius 2 is 2.00 bits per heavy atom. The molecule has 0 radical (unpaired) electrons. The van der Waals surface area contributed by atoms with Crippen LogP contribution in [0.5, 0.6) is 0 Å². The van der Waals surface area contributed by atoms with Crippen molar-refractivity contribution in [2.24, 2.45) is 0 Å². The van der Waals surface area contributed by atoms with Crippen molar-refractivity contribution in [2.75, 3.05) is 19.6 Å². The Hall–Kier alpha value is -0.930. The number of nitrogens with one attached hydrogen (secondary N) is 1. The second-order valence-electron chi connectivity index (χ2n) is 5.07. The summed E-state index contributed by atoms with van der Waals surface area (Å²) >= 11 is 0. The van der Waals surface area contributed by atoms with E-state index in [1.54, 1.807) is 0 Å². The summed E-state index contributed by atoms with van der Waals surface area (Å²) in [6.07, 6.45) is 0. The molecule has 1 N–H and O–H groups in total. The van der Waals surface area contributed by atoms with Gasteiger partial charge < -0.3 is 5.32 Å². The van der Waals surface area contributed by atoms with Gasteiger partial charge in [0.1, 0.15) is 5.82 Å². The highest BCUT2D eigenvalue weighted by Gasteiger charge is 2.18. The predicted octanol–water partition coefficient (Wildman–Crippen LogP) is 2.24. The summed E-state index contributed by atoms with van der Waals surface area (Å²) in [5.74, 6) is -0.0675. The molecule has 0 amide bonds. The fourth-order valence-corrected chi connectivity index (χ4v) is 2.48. The van der Waals surface area contributed by atoms with Crippen molar-refractivity contribution < 1.29 is 4.39 Å². The highest BCUT2D eigenvalue weighted by atomic mass is 19.1. The third-order valence-corrected chi connectivity index (χ3v) is 3.52.